The van der Waals surface area contributed by atoms with Crippen molar-refractivity contribution >= 4 is 51.2 Å². The number of rotatable bonds is 8. The van der Waals surface area contributed by atoms with Crippen LogP contribution in [0.1, 0.15) is 72.2 Å². The number of hydrogen-bond donors (Lipinski definition) is 0. The fourth-order valence-electron chi connectivity index (χ4n) is 11.0. The van der Waals surface area contributed by atoms with E-state index in [1.165, 1.54) is 89.5 Å². The van der Waals surface area contributed by atoms with Crippen LogP contribution in [0.5, 0.6) is 0 Å². The molecule has 3 heteroatoms. The minimum Gasteiger partial charge on any atom is -0.310 e. The second-order valence-electron chi connectivity index (χ2n) is 19.8. The van der Waals surface area contributed by atoms with E-state index >= 15 is 0 Å². The topological polar surface area (TPSA) is 9.72 Å². The molecule has 0 fully saturated rings. The highest BCUT2D eigenvalue weighted by molar-refractivity contribution is 5.96. The Bertz CT molecular complexity index is 3310. The maximum atomic E-state index is 2.57. The molecule has 9 aromatic carbocycles. The van der Waals surface area contributed by atoms with E-state index in [-0.39, 0.29) is 10.8 Å². The zero-order chi connectivity index (χ0) is 46.2. The average Bonchev–Trinajstić information content (AvgIpc) is 3.33. The molecule has 0 aromatic heterocycles. The minimum absolute atomic E-state index is 0.280. The molecule has 11 rings (SSSR count). The van der Waals surface area contributed by atoms with Gasteiger partial charge in [-0.05, 0) is 168 Å². The van der Waals surface area contributed by atoms with Gasteiger partial charge < -0.3 is 14.7 Å². The van der Waals surface area contributed by atoms with Crippen LogP contribution in [0.15, 0.2) is 200 Å². The van der Waals surface area contributed by atoms with Gasteiger partial charge in [0.2, 0.25) is 0 Å². The summed E-state index contributed by atoms with van der Waals surface area (Å²) in [5.74, 6) is 0. The SMILES string of the molecule is Cc1cc(C)cc(N(c2ccc(-c3ccccc3)cc2)c2ccc3c(c2)C(C)(C)c2cc(N(c4ccc(-c5ccccc5)cc4)c4ccc(C)cc4C)cc4c2N3c2ccccc2C4(C)C)c1. The van der Waals surface area contributed by atoms with Gasteiger partial charge in [0.05, 0.1) is 17.1 Å². The van der Waals surface area contributed by atoms with Gasteiger partial charge in [-0.1, -0.05) is 155 Å². The number of benzene rings is 9. The fraction of sp³-hybridized carbons (Fsp3) is 0.156. The Labute approximate surface area is 397 Å². The Balaban J connectivity index is 1.12. The molecule has 0 atom stereocenters. The molecule has 0 spiro atoms. The van der Waals surface area contributed by atoms with Crippen LogP contribution in [-0.4, -0.2) is 0 Å². The summed E-state index contributed by atoms with van der Waals surface area (Å²) < 4.78 is 0. The summed E-state index contributed by atoms with van der Waals surface area (Å²) >= 11 is 0. The number of fused-ring (bicyclic) bond motifs is 4. The van der Waals surface area contributed by atoms with Crippen molar-refractivity contribution in [1.82, 2.24) is 0 Å². The first-order valence-corrected chi connectivity index (χ1v) is 23.7. The average molecular weight is 868 g/mol. The van der Waals surface area contributed by atoms with Crippen molar-refractivity contribution in [2.45, 2.75) is 66.2 Å². The lowest BCUT2D eigenvalue weighted by atomic mass is 9.66. The summed E-state index contributed by atoms with van der Waals surface area (Å²) in [6.45, 7) is 18.5. The molecule has 3 nitrogen and oxygen atoms in total. The molecule has 67 heavy (non-hydrogen) atoms. The van der Waals surface area contributed by atoms with E-state index < -0.39 is 0 Å². The van der Waals surface area contributed by atoms with Crippen molar-refractivity contribution in [1.29, 1.82) is 0 Å². The standard InChI is InChI=1S/C64H57N3/c1-42-23-33-59(45(4)36-42)66(51-30-26-49(27-31-51)47-19-13-10-14-20-47)54-40-57-62-58(41-54)64(7,8)56-39-52(32-34-61(56)67(62)60-22-16-15-21-55(60)63(57,5)6)65(53-37-43(2)35-44(3)38-53)50-28-24-48(25-29-50)46-17-11-9-12-18-46/h9-41H,1-8H3. The maximum Gasteiger partial charge on any atom is 0.0545 e. The lowest BCUT2D eigenvalue weighted by Crippen LogP contribution is -2.38. The Morgan fingerprint density at radius 1 is 0.328 bits per heavy atom. The van der Waals surface area contributed by atoms with Gasteiger partial charge in [-0.3, -0.25) is 0 Å². The highest BCUT2D eigenvalue weighted by atomic mass is 15.2. The van der Waals surface area contributed by atoms with Gasteiger partial charge in [0.15, 0.2) is 0 Å². The molecule has 0 aliphatic carbocycles. The van der Waals surface area contributed by atoms with Crippen molar-refractivity contribution in [3.63, 3.8) is 0 Å². The van der Waals surface area contributed by atoms with Crippen LogP contribution in [0.4, 0.5) is 51.2 Å². The Hall–Kier alpha value is -7.62. The quantitative estimate of drug-likeness (QED) is 0.151. The number of para-hydroxylation sites is 1. The Morgan fingerprint density at radius 3 is 1.37 bits per heavy atom. The highest BCUT2D eigenvalue weighted by Gasteiger charge is 2.46. The normalized spacial score (nSPS) is 13.9. The zero-order valence-electron chi connectivity index (χ0n) is 39.9. The smallest absolute Gasteiger partial charge is 0.0545 e. The first kappa shape index (κ1) is 42.0. The van der Waals surface area contributed by atoms with Crippen LogP contribution in [0.2, 0.25) is 0 Å². The third kappa shape index (κ3) is 7.13. The van der Waals surface area contributed by atoms with Crippen molar-refractivity contribution < 1.29 is 0 Å². The van der Waals surface area contributed by atoms with E-state index in [1.54, 1.807) is 0 Å². The summed E-state index contributed by atoms with van der Waals surface area (Å²) in [6, 6.07) is 74.5. The number of aryl methyl sites for hydroxylation is 4. The predicted octanol–water partition coefficient (Wildman–Crippen LogP) is 17.9. The third-order valence-corrected chi connectivity index (χ3v) is 14.4. The van der Waals surface area contributed by atoms with Crippen molar-refractivity contribution in [3.05, 3.63) is 245 Å². The van der Waals surface area contributed by atoms with E-state index in [0.29, 0.717) is 0 Å². The van der Waals surface area contributed by atoms with Crippen LogP contribution in [0, 0.1) is 27.7 Å². The summed E-state index contributed by atoms with van der Waals surface area (Å²) in [6.07, 6.45) is 0. The largest absolute Gasteiger partial charge is 0.310 e. The van der Waals surface area contributed by atoms with Gasteiger partial charge in [-0.2, -0.15) is 0 Å². The molecule has 0 unspecified atom stereocenters. The van der Waals surface area contributed by atoms with Crippen LogP contribution in [0.25, 0.3) is 22.3 Å². The van der Waals surface area contributed by atoms with Crippen LogP contribution >= 0.6 is 0 Å². The van der Waals surface area contributed by atoms with E-state index in [2.05, 4.69) is 270 Å². The second-order valence-corrected chi connectivity index (χ2v) is 19.8. The summed E-state index contributed by atoms with van der Waals surface area (Å²) in [5, 5.41) is 0. The van der Waals surface area contributed by atoms with Gasteiger partial charge in [0, 0.05) is 45.0 Å². The molecular formula is C64H57N3. The second kappa shape index (κ2) is 16.1. The molecule has 2 heterocycles. The lowest BCUT2D eigenvalue weighted by Gasteiger charge is -2.50. The first-order valence-electron chi connectivity index (χ1n) is 23.7. The fourth-order valence-corrected chi connectivity index (χ4v) is 11.0. The Morgan fingerprint density at radius 2 is 0.791 bits per heavy atom. The molecule has 0 saturated carbocycles. The van der Waals surface area contributed by atoms with Crippen molar-refractivity contribution in [3.8, 4) is 22.3 Å². The molecule has 2 aliphatic rings. The summed E-state index contributed by atoms with van der Waals surface area (Å²) in [7, 11) is 0. The van der Waals surface area contributed by atoms with Gasteiger partial charge in [0.25, 0.3) is 0 Å². The molecule has 0 bridgehead atoms. The van der Waals surface area contributed by atoms with E-state index in [4.69, 9.17) is 0 Å². The lowest BCUT2D eigenvalue weighted by molar-refractivity contribution is 0.597. The molecule has 0 N–H and O–H groups in total. The maximum absolute atomic E-state index is 2.57. The van der Waals surface area contributed by atoms with Crippen molar-refractivity contribution in [2.75, 3.05) is 14.7 Å². The van der Waals surface area contributed by atoms with E-state index in [1.807, 2.05) is 0 Å². The number of nitrogens with zero attached hydrogens (tertiary/aromatic N) is 3. The number of anilines is 9. The molecule has 0 amide bonds. The van der Waals surface area contributed by atoms with Gasteiger partial charge >= 0.3 is 0 Å². The van der Waals surface area contributed by atoms with Crippen LogP contribution in [-0.2, 0) is 10.8 Å². The van der Waals surface area contributed by atoms with Gasteiger partial charge in [-0.15, -0.1) is 0 Å². The molecule has 2 aliphatic heterocycles. The van der Waals surface area contributed by atoms with Crippen LogP contribution < -0.4 is 14.7 Å². The minimum atomic E-state index is -0.388. The highest BCUT2D eigenvalue weighted by Crippen LogP contribution is 2.62. The molecular weight excluding hydrogens is 811 g/mol. The van der Waals surface area contributed by atoms with Gasteiger partial charge in [-0.25, -0.2) is 0 Å². The summed E-state index contributed by atoms with van der Waals surface area (Å²) in [5.41, 5.74) is 25.0. The van der Waals surface area contributed by atoms with Crippen molar-refractivity contribution in [2.24, 2.45) is 0 Å². The summed E-state index contributed by atoms with van der Waals surface area (Å²) in [4.78, 5) is 7.51. The Kier molecular flexibility index (Phi) is 10.1. The predicted molar refractivity (Wildman–Crippen MR) is 285 cm³/mol. The monoisotopic (exact) mass is 867 g/mol. The van der Waals surface area contributed by atoms with E-state index in [9.17, 15) is 0 Å². The number of hydrogen-bond acceptors (Lipinski definition) is 3. The first-order chi connectivity index (χ1) is 32.4. The zero-order valence-corrected chi connectivity index (χ0v) is 39.9. The van der Waals surface area contributed by atoms with E-state index in [0.717, 1.165) is 28.4 Å². The third-order valence-electron chi connectivity index (χ3n) is 14.4. The molecule has 0 radical (unpaired) electrons. The molecule has 328 valence electrons. The van der Waals surface area contributed by atoms with Gasteiger partial charge in [0.1, 0.15) is 0 Å². The van der Waals surface area contributed by atoms with Crippen LogP contribution in [0.3, 0.4) is 0 Å². The molecule has 0 saturated heterocycles. The molecule has 9 aromatic rings.